The van der Waals surface area contributed by atoms with E-state index in [1.807, 2.05) is 42.5 Å². The first-order valence-electron chi connectivity index (χ1n) is 9.48. The van der Waals surface area contributed by atoms with Crippen molar-refractivity contribution in [2.75, 3.05) is 6.54 Å². The van der Waals surface area contributed by atoms with Crippen molar-refractivity contribution in [2.45, 2.75) is 6.42 Å². The molecule has 0 saturated carbocycles. The number of fused-ring (bicyclic) bond motifs is 1. The Labute approximate surface area is 174 Å². The molecule has 1 unspecified atom stereocenters. The summed E-state index contributed by atoms with van der Waals surface area (Å²) in [4.78, 5) is 34.8. The Bertz CT molecular complexity index is 1100. The van der Waals surface area contributed by atoms with Crippen molar-refractivity contribution in [1.29, 1.82) is 0 Å². The van der Waals surface area contributed by atoms with Gasteiger partial charge in [0.2, 0.25) is 11.8 Å². The molecule has 6 nitrogen and oxygen atoms in total. The molecule has 0 aromatic heterocycles. The number of carboxylic acid groups (broad SMARTS) is 1. The smallest absolute Gasteiger partial charge is 0.308 e. The second kappa shape index (κ2) is 9.52. The van der Waals surface area contributed by atoms with Crippen LogP contribution in [-0.4, -0.2) is 29.4 Å². The van der Waals surface area contributed by atoms with Gasteiger partial charge in [0.05, 0.1) is 5.92 Å². The molecule has 4 N–H and O–H groups in total. The van der Waals surface area contributed by atoms with Crippen LogP contribution < -0.4 is 11.1 Å². The zero-order valence-electron chi connectivity index (χ0n) is 16.2. The lowest BCUT2D eigenvalue weighted by Crippen LogP contribution is -2.33. The number of amides is 2. The van der Waals surface area contributed by atoms with E-state index < -0.39 is 23.7 Å². The van der Waals surface area contributed by atoms with Crippen LogP contribution in [0.25, 0.3) is 16.8 Å². The summed E-state index contributed by atoms with van der Waals surface area (Å²) in [5.74, 6) is -2.61. The Balaban J connectivity index is 1.58. The summed E-state index contributed by atoms with van der Waals surface area (Å²) in [5.41, 5.74) is 7.20. The van der Waals surface area contributed by atoms with E-state index in [4.69, 9.17) is 5.73 Å². The molecule has 1 atom stereocenters. The van der Waals surface area contributed by atoms with Crippen LogP contribution in [0.4, 0.5) is 0 Å². The third-order valence-electron chi connectivity index (χ3n) is 4.79. The quantitative estimate of drug-likeness (QED) is 0.503. The average molecular weight is 402 g/mol. The van der Waals surface area contributed by atoms with Gasteiger partial charge in [0, 0.05) is 18.2 Å². The van der Waals surface area contributed by atoms with Crippen molar-refractivity contribution in [3.63, 3.8) is 0 Å². The van der Waals surface area contributed by atoms with Crippen LogP contribution in [0.1, 0.15) is 21.5 Å². The van der Waals surface area contributed by atoms with Gasteiger partial charge in [-0.1, -0.05) is 54.6 Å². The minimum absolute atomic E-state index is 0.0198. The third kappa shape index (κ3) is 5.54. The number of benzene rings is 3. The summed E-state index contributed by atoms with van der Waals surface area (Å²) >= 11 is 0. The maximum absolute atomic E-state index is 12.1. The minimum Gasteiger partial charge on any atom is -0.481 e. The summed E-state index contributed by atoms with van der Waals surface area (Å²) < 4.78 is 0. The lowest BCUT2D eigenvalue weighted by atomic mass is 9.97. The molecule has 3 rings (SSSR count). The summed E-state index contributed by atoms with van der Waals surface area (Å²) in [6, 6.07) is 20.2. The first-order chi connectivity index (χ1) is 14.4. The second-order valence-electron chi connectivity index (χ2n) is 6.99. The number of nitrogens with two attached hydrogens (primary N) is 1. The predicted octanol–water partition coefficient (Wildman–Crippen LogP) is 3.01. The van der Waals surface area contributed by atoms with Gasteiger partial charge in [-0.15, -0.1) is 0 Å². The molecule has 30 heavy (non-hydrogen) atoms. The summed E-state index contributed by atoms with van der Waals surface area (Å²) in [5, 5.41) is 14.3. The Hall–Kier alpha value is -3.93. The zero-order valence-corrected chi connectivity index (χ0v) is 16.2. The first-order valence-corrected chi connectivity index (χ1v) is 9.48. The average Bonchev–Trinajstić information content (AvgIpc) is 2.75. The van der Waals surface area contributed by atoms with Crippen molar-refractivity contribution in [3.05, 3.63) is 89.5 Å². The van der Waals surface area contributed by atoms with Gasteiger partial charge in [-0.3, -0.25) is 14.4 Å². The van der Waals surface area contributed by atoms with Gasteiger partial charge in [-0.05, 0) is 46.5 Å². The fraction of sp³-hybridized carbons (Fsp3) is 0.125. The van der Waals surface area contributed by atoms with Gasteiger partial charge in [-0.2, -0.15) is 0 Å². The summed E-state index contributed by atoms with van der Waals surface area (Å²) in [7, 11) is 0. The number of carbonyl (C=O) groups is 3. The van der Waals surface area contributed by atoms with Crippen LogP contribution in [0.3, 0.4) is 0 Å². The number of hydrogen-bond donors (Lipinski definition) is 3. The van der Waals surface area contributed by atoms with Crippen LogP contribution in [0, 0.1) is 5.92 Å². The molecule has 3 aromatic rings. The maximum atomic E-state index is 12.1. The van der Waals surface area contributed by atoms with Gasteiger partial charge in [-0.25, -0.2) is 0 Å². The lowest BCUT2D eigenvalue weighted by molar-refractivity contribution is -0.141. The van der Waals surface area contributed by atoms with Crippen molar-refractivity contribution >= 4 is 34.6 Å². The Kier molecular flexibility index (Phi) is 6.60. The fourth-order valence-electron chi connectivity index (χ4n) is 3.11. The monoisotopic (exact) mass is 402 g/mol. The van der Waals surface area contributed by atoms with Gasteiger partial charge >= 0.3 is 5.97 Å². The zero-order chi connectivity index (χ0) is 21.5. The van der Waals surface area contributed by atoms with Crippen molar-refractivity contribution in [1.82, 2.24) is 5.32 Å². The molecular formula is C24H22N2O4. The first kappa shape index (κ1) is 20.8. The second-order valence-corrected chi connectivity index (χ2v) is 6.99. The van der Waals surface area contributed by atoms with Crippen LogP contribution in [-0.2, 0) is 16.0 Å². The standard InChI is InChI=1S/C24H22N2O4/c25-23(28)19-10-5-16(6-11-19)8-12-22(27)26-15-21(24(29)30)14-17-7-9-18-3-1-2-4-20(18)13-17/h1-13,21H,14-15H2,(H2,25,28)(H,26,27)(H,29,30). The lowest BCUT2D eigenvalue weighted by Gasteiger charge is -2.13. The van der Waals surface area contributed by atoms with Crippen LogP contribution >= 0.6 is 0 Å². The van der Waals surface area contributed by atoms with Gasteiger partial charge in [0.25, 0.3) is 0 Å². The molecule has 152 valence electrons. The number of primary amides is 1. The molecule has 0 aliphatic heterocycles. The molecule has 0 fully saturated rings. The highest BCUT2D eigenvalue weighted by Crippen LogP contribution is 2.18. The van der Waals surface area contributed by atoms with Crippen LogP contribution in [0.2, 0.25) is 0 Å². The van der Waals surface area contributed by atoms with Crippen molar-refractivity contribution < 1.29 is 19.5 Å². The SMILES string of the molecule is NC(=O)c1ccc(C=CC(=O)NCC(Cc2ccc3ccccc3c2)C(=O)O)cc1. The normalized spacial score (nSPS) is 12.0. The van der Waals surface area contributed by atoms with E-state index >= 15 is 0 Å². The molecule has 3 aromatic carbocycles. The molecule has 0 aliphatic carbocycles. The highest BCUT2D eigenvalue weighted by atomic mass is 16.4. The highest BCUT2D eigenvalue weighted by molar-refractivity contribution is 5.94. The van der Waals surface area contributed by atoms with Crippen molar-refractivity contribution in [2.24, 2.45) is 11.7 Å². The van der Waals surface area contributed by atoms with Crippen LogP contribution in [0.5, 0.6) is 0 Å². The van der Waals surface area contributed by atoms with Gasteiger partial charge < -0.3 is 16.2 Å². The third-order valence-corrected chi connectivity index (χ3v) is 4.79. The molecule has 0 aliphatic rings. The number of nitrogens with one attached hydrogen (secondary N) is 1. The fourth-order valence-corrected chi connectivity index (χ4v) is 3.11. The molecule has 0 heterocycles. The van der Waals surface area contributed by atoms with Gasteiger partial charge in [0.15, 0.2) is 0 Å². The number of carboxylic acids is 1. The predicted molar refractivity (Wildman–Crippen MR) is 116 cm³/mol. The molecule has 6 heteroatoms. The van der Waals surface area contributed by atoms with E-state index in [1.165, 1.54) is 6.08 Å². The number of aliphatic carboxylic acids is 1. The largest absolute Gasteiger partial charge is 0.481 e. The van der Waals surface area contributed by atoms with E-state index in [9.17, 15) is 19.5 Å². The Morgan fingerprint density at radius 1 is 0.967 bits per heavy atom. The Morgan fingerprint density at radius 3 is 2.33 bits per heavy atom. The molecule has 0 spiro atoms. The van der Waals surface area contributed by atoms with Crippen LogP contribution in [0.15, 0.2) is 72.8 Å². The van der Waals surface area contributed by atoms with E-state index in [-0.39, 0.29) is 6.54 Å². The molecule has 0 saturated heterocycles. The van der Waals surface area contributed by atoms with Crippen molar-refractivity contribution in [3.8, 4) is 0 Å². The van der Waals surface area contributed by atoms with Gasteiger partial charge in [0.1, 0.15) is 0 Å². The maximum Gasteiger partial charge on any atom is 0.308 e. The summed E-state index contributed by atoms with van der Waals surface area (Å²) in [6.07, 6.45) is 3.23. The number of hydrogen-bond acceptors (Lipinski definition) is 3. The highest BCUT2D eigenvalue weighted by Gasteiger charge is 2.18. The minimum atomic E-state index is -0.963. The Morgan fingerprint density at radius 2 is 1.67 bits per heavy atom. The van der Waals surface area contributed by atoms with E-state index in [1.54, 1.807) is 30.3 Å². The molecule has 0 bridgehead atoms. The number of rotatable bonds is 8. The summed E-state index contributed by atoms with van der Waals surface area (Å²) in [6.45, 7) is 0.0198. The number of carbonyl (C=O) groups excluding carboxylic acids is 2. The van der Waals surface area contributed by atoms with E-state index in [0.29, 0.717) is 12.0 Å². The van der Waals surface area contributed by atoms with E-state index in [0.717, 1.165) is 21.9 Å². The molecular weight excluding hydrogens is 380 g/mol. The molecule has 2 amide bonds. The molecule has 0 radical (unpaired) electrons. The topological polar surface area (TPSA) is 109 Å². The van der Waals surface area contributed by atoms with E-state index in [2.05, 4.69) is 5.32 Å².